The molecule has 6 nitrogen and oxygen atoms in total. The van der Waals surface area contributed by atoms with Crippen molar-refractivity contribution >= 4 is 11.9 Å². The Bertz CT molecular complexity index is 782. The molecule has 2 aromatic rings. The molecule has 1 N–H and O–H groups in total. The van der Waals surface area contributed by atoms with Crippen molar-refractivity contribution in [3.05, 3.63) is 53.6 Å². The Kier molecular flexibility index (Phi) is 5.31. The molecule has 1 aromatic carbocycles. The number of carbonyl (C=O) groups excluding carboxylic acids is 1. The van der Waals surface area contributed by atoms with Crippen molar-refractivity contribution in [2.45, 2.75) is 19.4 Å². The summed E-state index contributed by atoms with van der Waals surface area (Å²) in [6.07, 6.45) is 4.57. The van der Waals surface area contributed by atoms with Crippen molar-refractivity contribution in [2.75, 3.05) is 18.4 Å². The first-order valence-electron chi connectivity index (χ1n) is 8.14. The molecule has 1 aliphatic rings. The van der Waals surface area contributed by atoms with E-state index in [0.717, 1.165) is 0 Å². The normalized spacial score (nSPS) is 15.5. The summed E-state index contributed by atoms with van der Waals surface area (Å²) in [5.41, 5.74) is 0.888. The van der Waals surface area contributed by atoms with Crippen molar-refractivity contribution < 1.29 is 9.18 Å². The highest BCUT2D eigenvalue weighted by molar-refractivity contribution is 5.90. The quantitative estimate of drug-likeness (QED) is 0.924. The molecule has 0 aliphatic carbocycles. The van der Waals surface area contributed by atoms with Crippen molar-refractivity contribution in [3.63, 3.8) is 0 Å². The van der Waals surface area contributed by atoms with Crippen LogP contribution in [0.3, 0.4) is 0 Å². The Morgan fingerprint density at radius 3 is 2.68 bits per heavy atom. The van der Waals surface area contributed by atoms with Crippen LogP contribution in [0.5, 0.6) is 0 Å². The van der Waals surface area contributed by atoms with E-state index in [1.165, 1.54) is 6.07 Å². The van der Waals surface area contributed by atoms with Gasteiger partial charge < -0.3 is 0 Å². The molecule has 1 aliphatic heterocycles. The molecule has 25 heavy (non-hydrogen) atoms. The van der Waals surface area contributed by atoms with Gasteiger partial charge in [0.25, 0.3) is 0 Å². The summed E-state index contributed by atoms with van der Waals surface area (Å²) in [4.78, 5) is 22.4. The van der Waals surface area contributed by atoms with Crippen molar-refractivity contribution in [3.8, 4) is 6.07 Å². The number of piperidine rings is 1. The Hall–Kier alpha value is -2.85. The maximum Gasteiger partial charge on any atom is 0.229 e. The van der Waals surface area contributed by atoms with Crippen LogP contribution in [0.25, 0.3) is 0 Å². The summed E-state index contributed by atoms with van der Waals surface area (Å²) in [6.45, 7) is 1.91. The highest BCUT2D eigenvalue weighted by atomic mass is 19.1. The molecule has 1 amide bonds. The van der Waals surface area contributed by atoms with E-state index in [1.807, 2.05) is 6.07 Å². The van der Waals surface area contributed by atoms with E-state index < -0.39 is 0 Å². The molecule has 3 rings (SSSR count). The highest BCUT2D eigenvalue weighted by Gasteiger charge is 2.25. The van der Waals surface area contributed by atoms with Crippen LogP contribution in [0.4, 0.5) is 10.3 Å². The Balaban J connectivity index is 1.52. The standard InChI is InChI=1S/C18H18FN5O/c19-16-10-13(11-20)2-3-15(16)12-24-8-4-14(5-9-24)17(25)23-18-21-6-1-7-22-18/h1-3,6-7,10,14H,4-5,8-9,12H2,(H,21,22,23,25). The van der Waals surface area contributed by atoms with E-state index in [1.54, 1.807) is 30.6 Å². The molecule has 0 atom stereocenters. The largest absolute Gasteiger partial charge is 0.299 e. The van der Waals surface area contributed by atoms with Crippen LogP contribution in [0.15, 0.2) is 36.7 Å². The molecule has 1 saturated heterocycles. The van der Waals surface area contributed by atoms with Gasteiger partial charge >= 0.3 is 0 Å². The summed E-state index contributed by atoms with van der Waals surface area (Å²) < 4.78 is 14.0. The molecule has 0 radical (unpaired) electrons. The molecule has 1 aromatic heterocycles. The lowest BCUT2D eigenvalue weighted by Crippen LogP contribution is -2.38. The van der Waals surface area contributed by atoms with Gasteiger partial charge in [-0.3, -0.25) is 15.0 Å². The fourth-order valence-electron chi connectivity index (χ4n) is 2.92. The first kappa shape index (κ1) is 17.0. The Labute approximate surface area is 145 Å². The zero-order valence-electron chi connectivity index (χ0n) is 13.7. The fourth-order valence-corrected chi connectivity index (χ4v) is 2.92. The van der Waals surface area contributed by atoms with E-state index >= 15 is 0 Å². The Morgan fingerprint density at radius 2 is 2.04 bits per heavy atom. The van der Waals surface area contributed by atoms with E-state index in [9.17, 15) is 9.18 Å². The zero-order valence-corrected chi connectivity index (χ0v) is 13.7. The minimum Gasteiger partial charge on any atom is -0.299 e. The number of halogens is 1. The third kappa shape index (κ3) is 4.37. The highest BCUT2D eigenvalue weighted by Crippen LogP contribution is 2.21. The molecule has 2 heterocycles. The van der Waals surface area contributed by atoms with Crippen molar-refractivity contribution in [1.29, 1.82) is 5.26 Å². The number of aromatic nitrogens is 2. The molecule has 0 bridgehead atoms. The van der Waals surface area contributed by atoms with Crippen LogP contribution in [0, 0.1) is 23.1 Å². The Morgan fingerprint density at radius 1 is 1.32 bits per heavy atom. The number of nitriles is 1. The molecule has 128 valence electrons. The minimum absolute atomic E-state index is 0.0737. The molecular weight excluding hydrogens is 321 g/mol. The predicted molar refractivity (Wildman–Crippen MR) is 89.8 cm³/mol. The number of nitrogens with one attached hydrogen (secondary N) is 1. The van der Waals surface area contributed by atoms with Gasteiger partial charge in [-0.1, -0.05) is 6.07 Å². The molecule has 7 heteroatoms. The molecule has 0 unspecified atom stereocenters. The average molecular weight is 339 g/mol. The summed E-state index contributed by atoms with van der Waals surface area (Å²) in [7, 11) is 0. The monoisotopic (exact) mass is 339 g/mol. The van der Waals surface area contributed by atoms with Gasteiger partial charge in [0.05, 0.1) is 11.6 Å². The maximum atomic E-state index is 14.0. The van der Waals surface area contributed by atoms with Crippen LogP contribution in [-0.2, 0) is 11.3 Å². The van der Waals surface area contributed by atoms with E-state index in [-0.39, 0.29) is 17.6 Å². The second-order valence-electron chi connectivity index (χ2n) is 6.03. The summed E-state index contributed by atoms with van der Waals surface area (Å²) >= 11 is 0. The summed E-state index contributed by atoms with van der Waals surface area (Å²) in [5, 5.41) is 11.5. The van der Waals surface area contributed by atoms with Crippen LogP contribution in [-0.4, -0.2) is 33.9 Å². The minimum atomic E-state index is -0.361. The van der Waals surface area contributed by atoms with Crippen LogP contribution in [0.1, 0.15) is 24.0 Å². The van der Waals surface area contributed by atoms with Gasteiger partial charge in [-0.05, 0) is 44.1 Å². The second-order valence-corrected chi connectivity index (χ2v) is 6.03. The van der Waals surface area contributed by atoms with Gasteiger partial charge in [-0.25, -0.2) is 14.4 Å². The number of benzene rings is 1. The predicted octanol–water partition coefficient (Wildman–Crippen LogP) is 2.34. The number of hydrogen-bond donors (Lipinski definition) is 1. The van der Waals surface area contributed by atoms with Crippen LogP contribution in [0.2, 0.25) is 0 Å². The van der Waals surface area contributed by atoms with E-state index in [0.29, 0.717) is 49.6 Å². The van der Waals surface area contributed by atoms with Gasteiger partial charge in [0.1, 0.15) is 5.82 Å². The lowest BCUT2D eigenvalue weighted by atomic mass is 9.95. The van der Waals surface area contributed by atoms with Crippen molar-refractivity contribution in [2.24, 2.45) is 5.92 Å². The molecule has 1 fully saturated rings. The van der Waals surface area contributed by atoms with Gasteiger partial charge in [-0.2, -0.15) is 5.26 Å². The third-order valence-electron chi connectivity index (χ3n) is 4.34. The first-order chi connectivity index (χ1) is 12.2. The smallest absolute Gasteiger partial charge is 0.229 e. The first-order valence-corrected chi connectivity index (χ1v) is 8.14. The van der Waals surface area contributed by atoms with Gasteiger partial charge in [0, 0.05) is 30.4 Å². The number of hydrogen-bond acceptors (Lipinski definition) is 5. The van der Waals surface area contributed by atoms with Gasteiger partial charge in [0.15, 0.2) is 0 Å². The van der Waals surface area contributed by atoms with Crippen LogP contribution >= 0.6 is 0 Å². The maximum absolute atomic E-state index is 14.0. The second kappa shape index (κ2) is 7.81. The summed E-state index contributed by atoms with van der Waals surface area (Å²) in [5.74, 6) is -0.212. The van der Waals surface area contributed by atoms with Crippen molar-refractivity contribution in [1.82, 2.24) is 14.9 Å². The zero-order chi connectivity index (χ0) is 17.6. The number of nitrogens with zero attached hydrogens (tertiary/aromatic N) is 4. The lowest BCUT2D eigenvalue weighted by molar-refractivity contribution is -0.121. The molecule has 0 spiro atoms. The number of carbonyl (C=O) groups is 1. The van der Waals surface area contributed by atoms with E-state index in [4.69, 9.17) is 5.26 Å². The van der Waals surface area contributed by atoms with Crippen LogP contribution < -0.4 is 5.32 Å². The topological polar surface area (TPSA) is 81.9 Å². The van der Waals surface area contributed by atoms with E-state index in [2.05, 4.69) is 20.2 Å². The fraction of sp³-hybridized carbons (Fsp3) is 0.333. The number of amides is 1. The number of likely N-dealkylation sites (tertiary alicyclic amines) is 1. The number of anilines is 1. The van der Waals surface area contributed by atoms with Gasteiger partial charge in [0.2, 0.25) is 11.9 Å². The van der Waals surface area contributed by atoms with Gasteiger partial charge in [-0.15, -0.1) is 0 Å². The number of rotatable bonds is 4. The molecular formula is C18H18FN5O. The molecule has 0 saturated carbocycles. The average Bonchev–Trinajstić information content (AvgIpc) is 2.64. The SMILES string of the molecule is N#Cc1ccc(CN2CCC(C(=O)Nc3ncccn3)CC2)c(F)c1. The third-order valence-corrected chi connectivity index (χ3v) is 4.34. The summed E-state index contributed by atoms with van der Waals surface area (Å²) in [6, 6.07) is 8.15. The lowest BCUT2D eigenvalue weighted by Gasteiger charge is -2.31.